The number of nitrogen functional groups attached to an aromatic ring is 1. The highest BCUT2D eigenvalue weighted by Gasteiger charge is 2.32. The average Bonchev–Trinajstić information content (AvgIpc) is 3.49. The Morgan fingerprint density at radius 3 is 2.30 bits per heavy atom. The summed E-state index contributed by atoms with van der Waals surface area (Å²) >= 11 is 1.65. The standard InChI is InChI=1S/C35H41N5O5S/c1-40-20-19-37-35(40)46-23-28-21-31(25-13-11-24(22-41)12-14-25)45-34(44-28)26-15-17-27(18-16-26)38-32(42)9-3-2-4-10-33(43)39-30-8-6-5-7-29(30)36/h5-8,11-20,28,31,34,41H,2-4,9-10,21-23,36H2,1H3,(H,38,42)(H,39,43)/t28-,31+,34+/m1/s1. The number of ether oxygens (including phenoxy) is 2. The van der Waals surface area contributed by atoms with Crippen molar-refractivity contribution >= 4 is 40.6 Å². The van der Waals surface area contributed by atoms with E-state index in [-0.39, 0.29) is 30.6 Å². The number of hydrogen-bond donors (Lipinski definition) is 4. The first-order valence-corrected chi connectivity index (χ1v) is 16.5. The average molecular weight is 644 g/mol. The van der Waals surface area contributed by atoms with Crippen LogP contribution in [0.1, 0.15) is 67.6 Å². The van der Waals surface area contributed by atoms with Crippen molar-refractivity contribution in [2.75, 3.05) is 22.1 Å². The molecule has 0 aliphatic carbocycles. The topological polar surface area (TPSA) is 141 Å². The summed E-state index contributed by atoms with van der Waals surface area (Å²) in [5.41, 5.74) is 10.5. The Morgan fingerprint density at radius 2 is 1.63 bits per heavy atom. The van der Waals surface area contributed by atoms with Gasteiger partial charge in [-0.3, -0.25) is 9.59 Å². The number of aryl methyl sites for hydroxylation is 1. The van der Waals surface area contributed by atoms with Crippen LogP contribution < -0.4 is 16.4 Å². The smallest absolute Gasteiger partial charge is 0.224 e. The first kappa shape index (κ1) is 33.2. The monoisotopic (exact) mass is 643 g/mol. The number of anilines is 3. The molecule has 5 N–H and O–H groups in total. The molecule has 4 aromatic rings. The molecule has 11 heteroatoms. The lowest BCUT2D eigenvalue weighted by Gasteiger charge is -2.36. The minimum absolute atomic E-state index is 0.00642. The molecule has 3 aromatic carbocycles. The lowest BCUT2D eigenvalue weighted by atomic mass is 10.0. The molecule has 2 amide bonds. The summed E-state index contributed by atoms with van der Waals surface area (Å²) in [6.07, 6.45) is 6.45. The molecule has 5 rings (SSSR count). The lowest BCUT2D eigenvalue weighted by molar-refractivity contribution is -0.245. The van der Waals surface area contributed by atoms with E-state index in [0.717, 1.165) is 34.0 Å². The number of para-hydroxylation sites is 2. The molecule has 1 aliphatic heterocycles. The van der Waals surface area contributed by atoms with Crippen molar-refractivity contribution in [2.24, 2.45) is 7.05 Å². The number of rotatable bonds is 14. The van der Waals surface area contributed by atoms with Gasteiger partial charge in [-0.05, 0) is 48.2 Å². The maximum Gasteiger partial charge on any atom is 0.224 e. The Kier molecular flexibility index (Phi) is 11.9. The fourth-order valence-electron chi connectivity index (χ4n) is 5.20. The molecule has 1 fully saturated rings. The molecule has 46 heavy (non-hydrogen) atoms. The number of nitrogens with two attached hydrogens (primary N) is 1. The third-order valence-electron chi connectivity index (χ3n) is 7.80. The predicted octanol–water partition coefficient (Wildman–Crippen LogP) is 6.36. The Morgan fingerprint density at radius 1 is 0.935 bits per heavy atom. The number of aromatic nitrogens is 2. The number of thioether (sulfide) groups is 1. The molecule has 0 bridgehead atoms. The van der Waals surface area contributed by atoms with E-state index in [0.29, 0.717) is 49.2 Å². The summed E-state index contributed by atoms with van der Waals surface area (Å²) in [5, 5.41) is 16.2. The largest absolute Gasteiger partial charge is 0.397 e. The van der Waals surface area contributed by atoms with Crippen molar-refractivity contribution in [1.82, 2.24) is 9.55 Å². The zero-order valence-corrected chi connectivity index (χ0v) is 26.7. The Balaban J connectivity index is 1.11. The maximum absolute atomic E-state index is 12.6. The van der Waals surface area contributed by atoms with Crippen molar-refractivity contribution < 1.29 is 24.2 Å². The van der Waals surface area contributed by atoms with E-state index in [9.17, 15) is 14.7 Å². The Labute approximate surface area is 273 Å². The normalized spacial score (nSPS) is 17.8. The Hall–Kier alpha value is -4.16. The second kappa shape index (κ2) is 16.4. The van der Waals surface area contributed by atoms with Gasteiger partial charge < -0.3 is 35.5 Å². The van der Waals surface area contributed by atoms with Crippen molar-refractivity contribution in [1.29, 1.82) is 0 Å². The number of nitrogens with zero attached hydrogens (tertiary/aromatic N) is 2. The van der Waals surface area contributed by atoms with Gasteiger partial charge in [0.2, 0.25) is 11.8 Å². The summed E-state index contributed by atoms with van der Waals surface area (Å²) < 4.78 is 14.8. The summed E-state index contributed by atoms with van der Waals surface area (Å²) in [7, 11) is 1.97. The molecule has 3 atom stereocenters. The number of aliphatic hydroxyl groups excluding tert-OH is 1. The van der Waals surface area contributed by atoms with Crippen LogP contribution in [0.15, 0.2) is 90.3 Å². The van der Waals surface area contributed by atoms with Crippen LogP contribution in [-0.2, 0) is 32.7 Å². The number of carbonyl (C=O) groups excluding carboxylic acids is 2. The second-order valence-electron chi connectivity index (χ2n) is 11.3. The molecule has 1 aliphatic rings. The van der Waals surface area contributed by atoms with Crippen LogP contribution in [0.3, 0.4) is 0 Å². The van der Waals surface area contributed by atoms with Crippen molar-refractivity contribution in [3.05, 3.63) is 102 Å². The molecule has 0 saturated carbocycles. The van der Waals surface area contributed by atoms with Gasteiger partial charge in [0.05, 0.1) is 30.2 Å². The molecule has 0 spiro atoms. The van der Waals surface area contributed by atoms with Gasteiger partial charge in [-0.15, -0.1) is 0 Å². The molecule has 0 radical (unpaired) electrons. The van der Waals surface area contributed by atoms with Gasteiger partial charge in [0.1, 0.15) is 0 Å². The summed E-state index contributed by atoms with van der Waals surface area (Å²) in [4.78, 5) is 29.2. The minimum Gasteiger partial charge on any atom is -0.397 e. The van der Waals surface area contributed by atoms with Crippen LogP contribution in [0.5, 0.6) is 0 Å². The van der Waals surface area contributed by atoms with Gasteiger partial charge in [-0.2, -0.15) is 0 Å². The van der Waals surface area contributed by atoms with Gasteiger partial charge in [0.15, 0.2) is 11.4 Å². The molecular formula is C35H41N5O5S. The van der Waals surface area contributed by atoms with Crippen LogP contribution in [0.2, 0.25) is 0 Å². The zero-order valence-electron chi connectivity index (χ0n) is 25.9. The molecule has 10 nitrogen and oxygen atoms in total. The van der Waals surface area contributed by atoms with E-state index in [4.69, 9.17) is 15.2 Å². The van der Waals surface area contributed by atoms with E-state index in [1.54, 1.807) is 30.1 Å². The predicted molar refractivity (Wildman–Crippen MR) is 180 cm³/mol. The molecule has 2 heterocycles. The molecule has 242 valence electrons. The minimum atomic E-state index is -0.580. The zero-order chi connectivity index (χ0) is 32.3. The lowest BCUT2D eigenvalue weighted by Crippen LogP contribution is -2.31. The van der Waals surface area contributed by atoms with Crippen molar-refractivity contribution in [3.63, 3.8) is 0 Å². The number of carbonyl (C=O) groups is 2. The van der Waals surface area contributed by atoms with Crippen LogP contribution in [-0.4, -0.2) is 38.3 Å². The van der Waals surface area contributed by atoms with Gasteiger partial charge in [-0.25, -0.2) is 4.98 Å². The number of unbranched alkanes of at least 4 members (excludes halogenated alkanes) is 2. The van der Waals surface area contributed by atoms with Crippen LogP contribution >= 0.6 is 11.8 Å². The van der Waals surface area contributed by atoms with E-state index >= 15 is 0 Å². The molecular weight excluding hydrogens is 602 g/mol. The Bertz CT molecular complexity index is 1580. The summed E-state index contributed by atoms with van der Waals surface area (Å²) in [6, 6.07) is 22.5. The summed E-state index contributed by atoms with van der Waals surface area (Å²) in [5.74, 6) is 0.561. The van der Waals surface area contributed by atoms with Crippen molar-refractivity contribution in [2.45, 2.75) is 68.8 Å². The maximum atomic E-state index is 12.6. The quantitative estimate of drug-likeness (QED) is 0.0707. The number of aliphatic hydroxyl groups is 1. The number of benzene rings is 3. The molecule has 1 saturated heterocycles. The first-order valence-electron chi connectivity index (χ1n) is 15.5. The van der Waals surface area contributed by atoms with Gasteiger partial charge in [-0.1, -0.05) is 66.7 Å². The number of nitrogens with one attached hydrogen (secondary N) is 2. The van der Waals surface area contributed by atoms with E-state index < -0.39 is 6.29 Å². The first-order chi connectivity index (χ1) is 22.4. The fraction of sp³-hybridized carbons (Fsp3) is 0.343. The van der Waals surface area contributed by atoms with Crippen LogP contribution in [0, 0.1) is 0 Å². The SMILES string of the molecule is Cn1ccnc1SC[C@H]1C[C@@H](c2ccc(CO)cc2)O[C@@H](c2ccc(NC(=O)CCCCCC(=O)Nc3ccccc3N)cc2)O1. The highest BCUT2D eigenvalue weighted by atomic mass is 32.2. The van der Waals surface area contributed by atoms with Gasteiger partial charge in [0, 0.05) is 55.7 Å². The summed E-state index contributed by atoms with van der Waals surface area (Å²) in [6.45, 7) is -0.00642. The van der Waals surface area contributed by atoms with E-state index in [1.165, 1.54) is 0 Å². The third-order valence-corrected chi connectivity index (χ3v) is 8.99. The number of hydrogen-bond acceptors (Lipinski definition) is 8. The highest BCUT2D eigenvalue weighted by Crippen LogP contribution is 2.39. The molecule has 0 unspecified atom stereocenters. The van der Waals surface area contributed by atoms with Crippen molar-refractivity contribution in [3.8, 4) is 0 Å². The van der Waals surface area contributed by atoms with E-state index in [1.807, 2.05) is 78.5 Å². The third kappa shape index (κ3) is 9.43. The van der Waals surface area contributed by atoms with Gasteiger partial charge in [0.25, 0.3) is 0 Å². The van der Waals surface area contributed by atoms with Gasteiger partial charge >= 0.3 is 0 Å². The van der Waals surface area contributed by atoms with E-state index in [2.05, 4.69) is 15.6 Å². The van der Waals surface area contributed by atoms with Crippen LogP contribution in [0.25, 0.3) is 0 Å². The second-order valence-corrected chi connectivity index (χ2v) is 12.3. The number of amides is 2. The fourth-order valence-corrected chi connectivity index (χ4v) is 6.15. The number of imidazole rings is 1. The molecule has 1 aromatic heterocycles. The van der Waals surface area contributed by atoms with Crippen LogP contribution in [0.4, 0.5) is 17.1 Å². The highest BCUT2D eigenvalue weighted by molar-refractivity contribution is 7.99.